The lowest BCUT2D eigenvalue weighted by molar-refractivity contribution is 0.253. The molecular formula is C11H12ClNO2. The van der Waals surface area contributed by atoms with Gasteiger partial charge in [0, 0.05) is 17.7 Å². The normalized spacial score (nSPS) is 9.67. The second-order valence-corrected chi connectivity index (χ2v) is 3.47. The van der Waals surface area contributed by atoms with Crippen LogP contribution in [0.1, 0.15) is 18.4 Å². The average Bonchev–Trinajstić information content (AvgIpc) is 2.25. The monoisotopic (exact) mass is 225 g/mol. The van der Waals surface area contributed by atoms with Gasteiger partial charge in [-0.2, -0.15) is 5.26 Å². The van der Waals surface area contributed by atoms with E-state index in [1.54, 1.807) is 18.2 Å². The molecule has 0 bridgehead atoms. The molecule has 80 valence electrons. The molecule has 15 heavy (non-hydrogen) atoms. The fourth-order valence-electron chi connectivity index (χ4n) is 1.10. The lowest BCUT2D eigenvalue weighted by Gasteiger charge is -2.07. The van der Waals surface area contributed by atoms with Gasteiger partial charge in [-0.15, -0.1) is 0 Å². The maximum Gasteiger partial charge on any atom is 0.138 e. The fourth-order valence-corrected chi connectivity index (χ4v) is 1.27. The third kappa shape index (κ3) is 3.78. The zero-order chi connectivity index (χ0) is 11.1. The highest BCUT2D eigenvalue weighted by Crippen LogP contribution is 2.22. The molecule has 0 amide bonds. The topological polar surface area (TPSA) is 53.2 Å². The van der Waals surface area contributed by atoms with Crippen LogP contribution in [0.2, 0.25) is 5.02 Å². The summed E-state index contributed by atoms with van der Waals surface area (Å²) in [6.45, 7) is 0.638. The van der Waals surface area contributed by atoms with E-state index in [9.17, 15) is 0 Å². The molecule has 0 aliphatic rings. The molecule has 0 atom stereocenters. The molecule has 0 saturated carbocycles. The van der Waals surface area contributed by atoms with Crippen molar-refractivity contribution < 1.29 is 9.84 Å². The Labute approximate surface area is 93.9 Å². The summed E-state index contributed by atoms with van der Waals surface area (Å²) in [6.07, 6.45) is 1.45. The molecule has 0 radical (unpaired) electrons. The van der Waals surface area contributed by atoms with E-state index in [1.807, 2.05) is 6.07 Å². The molecule has 0 spiro atoms. The van der Waals surface area contributed by atoms with Crippen molar-refractivity contribution in [2.75, 3.05) is 13.2 Å². The molecule has 0 aromatic heterocycles. The van der Waals surface area contributed by atoms with Gasteiger partial charge in [-0.25, -0.2) is 0 Å². The van der Waals surface area contributed by atoms with E-state index in [2.05, 4.69) is 0 Å². The van der Waals surface area contributed by atoms with E-state index >= 15 is 0 Å². The predicted molar refractivity (Wildman–Crippen MR) is 58.0 cm³/mol. The van der Waals surface area contributed by atoms with Crippen molar-refractivity contribution in [2.24, 2.45) is 0 Å². The Balaban J connectivity index is 2.59. The third-order valence-electron chi connectivity index (χ3n) is 1.87. The van der Waals surface area contributed by atoms with Crippen LogP contribution in [0.5, 0.6) is 5.75 Å². The second-order valence-electron chi connectivity index (χ2n) is 3.03. The largest absolute Gasteiger partial charge is 0.492 e. The van der Waals surface area contributed by atoms with Gasteiger partial charge in [-0.3, -0.25) is 0 Å². The van der Waals surface area contributed by atoms with Gasteiger partial charge in [-0.05, 0) is 25.0 Å². The number of hydrogen-bond donors (Lipinski definition) is 1. The minimum absolute atomic E-state index is 0.157. The summed E-state index contributed by atoms with van der Waals surface area (Å²) in [7, 11) is 0. The minimum atomic E-state index is 0.157. The Morgan fingerprint density at radius 3 is 2.87 bits per heavy atom. The van der Waals surface area contributed by atoms with Gasteiger partial charge in [0.2, 0.25) is 0 Å². The Hall–Kier alpha value is -1.24. The number of unbranched alkanes of at least 4 members (excludes halogenated alkanes) is 1. The third-order valence-corrected chi connectivity index (χ3v) is 2.11. The Kier molecular flexibility index (Phi) is 4.96. The summed E-state index contributed by atoms with van der Waals surface area (Å²) in [5.41, 5.74) is 0.475. The van der Waals surface area contributed by atoms with Gasteiger partial charge in [0.25, 0.3) is 0 Å². The molecule has 1 rings (SSSR count). The Bertz CT molecular complexity index is 360. The lowest BCUT2D eigenvalue weighted by Crippen LogP contribution is -2.00. The number of benzene rings is 1. The molecule has 0 aliphatic carbocycles. The molecule has 1 aromatic carbocycles. The lowest BCUT2D eigenvalue weighted by atomic mass is 10.2. The van der Waals surface area contributed by atoms with Crippen LogP contribution in [0, 0.1) is 11.3 Å². The number of rotatable bonds is 5. The maximum absolute atomic E-state index is 8.80. The van der Waals surface area contributed by atoms with Crippen LogP contribution in [-0.4, -0.2) is 18.3 Å². The van der Waals surface area contributed by atoms with Crippen molar-refractivity contribution in [3.8, 4) is 11.8 Å². The first-order valence-corrected chi connectivity index (χ1v) is 5.09. The predicted octanol–water partition coefficient (Wildman–Crippen LogP) is 2.36. The van der Waals surface area contributed by atoms with Crippen LogP contribution < -0.4 is 4.74 Å². The van der Waals surface area contributed by atoms with Gasteiger partial charge < -0.3 is 9.84 Å². The zero-order valence-corrected chi connectivity index (χ0v) is 9.00. The van der Waals surface area contributed by atoms with E-state index in [0.29, 0.717) is 29.4 Å². The van der Waals surface area contributed by atoms with Crippen LogP contribution in [0.4, 0.5) is 0 Å². The highest BCUT2D eigenvalue weighted by atomic mass is 35.5. The molecule has 1 N–H and O–H groups in total. The summed E-state index contributed by atoms with van der Waals surface area (Å²) in [6, 6.07) is 6.94. The molecule has 0 unspecified atom stereocenters. The van der Waals surface area contributed by atoms with Gasteiger partial charge in [0.15, 0.2) is 0 Å². The first kappa shape index (κ1) is 11.8. The van der Waals surface area contributed by atoms with Crippen molar-refractivity contribution in [1.82, 2.24) is 0 Å². The molecule has 0 fully saturated rings. The van der Waals surface area contributed by atoms with E-state index < -0.39 is 0 Å². The van der Waals surface area contributed by atoms with Crippen molar-refractivity contribution in [2.45, 2.75) is 12.8 Å². The van der Waals surface area contributed by atoms with E-state index in [4.69, 9.17) is 26.7 Å². The summed E-state index contributed by atoms with van der Waals surface area (Å²) in [5, 5.41) is 17.9. The van der Waals surface area contributed by atoms with Crippen LogP contribution in [0.15, 0.2) is 18.2 Å². The van der Waals surface area contributed by atoms with Crippen molar-refractivity contribution in [3.05, 3.63) is 28.8 Å². The van der Waals surface area contributed by atoms with Crippen molar-refractivity contribution >= 4 is 11.6 Å². The highest BCUT2D eigenvalue weighted by molar-refractivity contribution is 6.30. The standard InChI is InChI=1S/C11H12ClNO2/c12-10-4-3-9(8-13)11(7-10)15-6-2-1-5-14/h3-4,7,14H,1-2,5-6H2. The van der Waals surface area contributed by atoms with E-state index in [-0.39, 0.29) is 6.61 Å². The van der Waals surface area contributed by atoms with Gasteiger partial charge in [0.05, 0.1) is 12.2 Å². The SMILES string of the molecule is N#Cc1ccc(Cl)cc1OCCCCO. The summed E-state index contributed by atoms with van der Waals surface area (Å²) < 4.78 is 5.39. The molecule has 4 heteroatoms. The molecular weight excluding hydrogens is 214 g/mol. The number of nitriles is 1. The molecule has 0 heterocycles. The molecule has 0 saturated heterocycles. The van der Waals surface area contributed by atoms with Crippen molar-refractivity contribution in [1.29, 1.82) is 5.26 Å². The number of ether oxygens (including phenoxy) is 1. The van der Waals surface area contributed by atoms with Gasteiger partial charge in [-0.1, -0.05) is 11.6 Å². The molecule has 1 aromatic rings. The first-order chi connectivity index (χ1) is 7.27. The summed E-state index contributed by atoms with van der Waals surface area (Å²) in [5.74, 6) is 0.503. The summed E-state index contributed by atoms with van der Waals surface area (Å²) >= 11 is 5.78. The maximum atomic E-state index is 8.80. The van der Waals surface area contributed by atoms with Gasteiger partial charge >= 0.3 is 0 Å². The molecule has 0 aliphatic heterocycles. The Morgan fingerprint density at radius 2 is 2.20 bits per heavy atom. The average molecular weight is 226 g/mol. The van der Waals surface area contributed by atoms with Crippen LogP contribution in [0.3, 0.4) is 0 Å². The zero-order valence-electron chi connectivity index (χ0n) is 8.24. The number of nitrogens with zero attached hydrogens (tertiary/aromatic N) is 1. The fraction of sp³-hybridized carbons (Fsp3) is 0.364. The number of aliphatic hydroxyl groups is 1. The van der Waals surface area contributed by atoms with Crippen molar-refractivity contribution in [3.63, 3.8) is 0 Å². The summed E-state index contributed by atoms with van der Waals surface area (Å²) in [4.78, 5) is 0. The Morgan fingerprint density at radius 1 is 1.40 bits per heavy atom. The first-order valence-electron chi connectivity index (χ1n) is 4.71. The number of hydrogen-bond acceptors (Lipinski definition) is 3. The van der Waals surface area contributed by atoms with Crippen LogP contribution in [0.25, 0.3) is 0 Å². The van der Waals surface area contributed by atoms with Crippen LogP contribution in [-0.2, 0) is 0 Å². The number of aliphatic hydroxyl groups excluding tert-OH is 1. The number of halogens is 1. The van der Waals surface area contributed by atoms with Gasteiger partial charge in [0.1, 0.15) is 11.8 Å². The van der Waals surface area contributed by atoms with E-state index in [0.717, 1.165) is 6.42 Å². The quantitative estimate of drug-likeness (QED) is 0.783. The molecule has 3 nitrogen and oxygen atoms in total. The van der Waals surface area contributed by atoms with Crippen LogP contribution >= 0.6 is 11.6 Å². The van der Waals surface area contributed by atoms with E-state index in [1.165, 1.54) is 0 Å². The minimum Gasteiger partial charge on any atom is -0.492 e. The highest BCUT2D eigenvalue weighted by Gasteiger charge is 2.03. The smallest absolute Gasteiger partial charge is 0.138 e. The second kappa shape index (κ2) is 6.28.